The monoisotopic (exact) mass is 352 g/mol. The number of carboxylic acids is 1. The molecule has 0 aliphatic rings. The molecule has 0 aliphatic carbocycles. The van der Waals surface area contributed by atoms with E-state index in [9.17, 15) is 14.7 Å². The first-order chi connectivity index (χ1) is 12.5. The van der Waals surface area contributed by atoms with Crippen LogP contribution < -0.4 is 4.74 Å². The fraction of sp³-hybridized carbons (Fsp3) is 0.143. The Morgan fingerprint density at radius 2 is 1.58 bits per heavy atom. The van der Waals surface area contributed by atoms with Gasteiger partial charge in [0.15, 0.2) is 0 Å². The summed E-state index contributed by atoms with van der Waals surface area (Å²) in [5, 5.41) is 9.75. The molecule has 0 radical (unpaired) electrons. The van der Waals surface area contributed by atoms with Gasteiger partial charge in [0.05, 0.1) is 25.4 Å². The highest BCUT2D eigenvalue weighted by molar-refractivity contribution is 6.13. The first-order valence-corrected chi connectivity index (χ1v) is 7.92. The number of carboxylic acid groups (broad SMARTS) is 1. The molecule has 2 aromatic rings. The minimum absolute atomic E-state index is 0.0217. The third-order valence-electron chi connectivity index (χ3n) is 3.90. The Morgan fingerprint density at radius 1 is 0.962 bits per heavy atom. The molecule has 1 N–H and O–H groups in total. The Morgan fingerprint density at radius 3 is 2.08 bits per heavy atom. The van der Waals surface area contributed by atoms with Gasteiger partial charge in [-0.2, -0.15) is 0 Å². The maximum Gasteiger partial charge on any atom is 0.338 e. The largest absolute Gasteiger partial charge is 0.497 e. The predicted molar refractivity (Wildman–Crippen MR) is 99.7 cm³/mol. The molecule has 5 nitrogen and oxygen atoms in total. The van der Waals surface area contributed by atoms with Crippen LogP contribution in [-0.2, 0) is 14.3 Å². The van der Waals surface area contributed by atoms with Gasteiger partial charge in [-0.05, 0) is 41.8 Å². The van der Waals surface area contributed by atoms with Crippen molar-refractivity contribution >= 4 is 23.6 Å². The fourth-order valence-electron chi connectivity index (χ4n) is 2.52. The summed E-state index contributed by atoms with van der Waals surface area (Å²) >= 11 is 0. The number of methoxy groups -OCH3 is 2. The van der Waals surface area contributed by atoms with E-state index in [1.807, 2.05) is 18.2 Å². The quantitative estimate of drug-likeness (QED) is 0.486. The van der Waals surface area contributed by atoms with Crippen LogP contribution in [-0.4, -0.2) is 31.3 Å². The van der Waals surface area contributed by atoms with Crippen molar-refractivity contribution in [3.8, 4) is 5.75 Å². The number of hydrogen-bond acceptors (Lipinski definition) is 4. The van der Waals surface area contributed by atoms with Crippen LogP contribution in [0.25, 0.3) is 11.6 Å². The molecule has 0 unspecified atom stereocenters. The zero-order valence-corrected chi connectivity index (χ0v) is 14.9. The average Bonchev–Trinajstić information content (AvgIpc) is 2.67. The van der Waals surface area contributed by atoms with Gasteiger partial charge in [-0.25, -0.2) is 9.59 Å². The molecule has 2 rings (SSSR count). The summed E-state index contributed by atoms with van der Waals surface area (Å²) in [6.45, 7) is 1.67. The lowest BCUT2D eigenvalue weighted by atomic mass is 9.94. The van der Waals surface area contributed by atoms with Crippen LogP contribution in [0.1, 0.15) is 18.1 Å². The first-order valence-electron chi connectivity index (χ1n) is 7.92. The minimum Gasteiger partial charge on any atom is -0.497 e. The van der Waals surface area contributed by atoms with E-state index in [0.717, 1.165) is 5.56 Å². The predicted octanol–water partition coefficient (Wildman–Crippen LogP) is 3.81. The molecule has 5 heteroatoms. The van der Waals surface area contributed by atoms with Crippen molar-refractivity contribution in [2.75, 3.05) is 14.2 Å². The molecule has 2 aromatic carbocycles. The molecule has 134 valence electrons. The summed E-state index contributed by atoms with van der Waals surface area (Å²) in [6, 6.07) is 16.0. The van der Waals surface area contributed by atoms with Gasteiger partial charge in [0.2, 0.25) is 0 Å². The van der Waals surface area contributed by atoms with Crippen molar-refractivity contribution in [3.05, 3.63) is 76.9 Å². The van der Waals surface area contributed by atoms with Crippen LogP contribution in [0.5, 0.6) is 5.75 Å². The maximum absolute atomic E-state index is 12.3. The highest BCUT2D eigenvalue weighted by atomic mass is 16.5. The highest BCUT2D eigenvalue weighted by Gasteiger charge is 2.24. The van der Waals surface area contributed by atoms with Crippen molar-refractivity contribution < 1.29 is 24.2 Å². The van der Waals surface area contributed by atoms with Gasteiger partial charge in [0.25, 0.3) is 0 Å². The molecule has 0 heterocycles. The third kappa shape index (κ3) is 4.39. The number of benzene rings is 2. The molecule has 0 fully saturated rings. The molecule has 26 heavy (non-hydrogen) atoms. The van der Waals surface area contributed by atoms with Crippen LogP contribution >= 0.6 is 0 Å². The smallest absolute Gasteiger partial charge is 0.338 e. The zero-order valence-electron chi connectivity index (χ0n) is 14.9. The number of carbonyl (C=O) groups excluding carboxylic acids is 1. The number of allylic oxidation sites excluding steroid dienone is 1. The van der Waals surface area contributed by atoms with Gasteiger partial charge < -0.3 is 14.6 Å². The van der Waals surface area contributed by atoms with Crippen molar-refractivity contribution in [3.63, 3.8) is 0 Å². The second-order valence-corrected chi connectivity index (χ2v) is 5.49. The van der Waals surface area contributed by atoms with Crippen LogP contribution in [0.4, 0.5) is 0 Å². The number of hydrogen-bond donors (Lipinski definition) is 1. The molecular formula is C21H20O5. The van der Waals surface area contributed by atoms with Crippen LogP contribution in [0, 0.1) is 0 Å². The molecular weight excluding hydrogens is 332 g/mol. The normalized spacial score (nSPS) is 12.2. The molecule has 0 bridgehead atoms. The molecule has 0 aliphatic heterocycles. The van der Waals surface area contributed by atoms with Gasteiger partial charge in [-0.1, -0.05) is 42.5 Å². The van der Waals surface area contributed by atoms with Crippen molar-refractivity contribution in [1.29, 1.82) is 0 Å². The Labute approximate surface area is 152 Å². The number of ether oxygens (including phenoxy) is 2. The molecule has 0 atom stereocenters. The fourth-order valence-corrected chi connectivity index (χ4v) is 2.52. The molecule has 0 amide bonds. The maximum atomic E-state index is 12.3. The van der Waals surface area contributed by atoms with E-state index >= 15 is 0 Å². The van der Waals surface area contributed by atoms with Crippen molar-refractivity contribution in [2.24, 2.45) is 0 Å². The number of aliphatic carboxylic acids is 1. The van der Waals surface area contributed by atoms with E-state index in [-0.39, 0.29) is 11.1 Å². The SMILES string of the molecule is COC(=O)C(=C/c1ccc(OC)cc1)/C(C(=O)O)=C(\C)c1ccccc1. The van der Waals surface area contributed by atoms with E-state index in [0.29, 0.717) is 16.9 Å². The number of carbonyl (C=O) groups is 2. The van der Waals surface area contributed by atoms with Gasteiger partial charge in [-0.3, -0.25) is 0 Å². The highest BCUT2D eigenvalue weighted by Crippen LogP contribution is 2.27. The minimum atomic E-state index is -1.20. The van der Waals surface area contributed by atoms with Crippen LogP contribution in [0.2, 0.25) is 0 Å². The molecule has 0 spiro atoms. The summed E-state index contributed by atoms with van der Waals surface area (Å²) in [5.41, 5.74) is 1.73. The summed E-state index contributed by atoms with van der Waals surface area (Å²) in [4.78, 5) is 24.2. The summed E-state index contributed by atoms with van der Waals surface area (Å²) in [5.74, 6) is -1.25. The van der Waals surface area contributed by atoms with E-state index in [4.69, 9.17) is 9.47 Å². The number of rotatable bonds is 6. The Kier molecular flexibility index (Phi) is 6.33. The summed E-state index contributed by atoms with van der Waals surface area (Å²) in [6.07, 6.45) is 1.50. The lowest BCUT2D eigenvalue weighted by Gasteiger charge is -2.12. The summed E-state index contributed by atoms with van der Waals surface area (Å²) in [7, 11) is 2.78. The second kappa shape index (κ2) is 8.67. The van der Waals surface area contributed by atoms with Gasteiger partial charge in [0, 0.05) is 0 Å². The van der Waals surface area contributed by atoms with E-state index < -0.39 is 11.9 Å². The Bertz CT molecular complexity index is 846. The van der Waals surface area contributed by atoms with E-state index in [2.05, 4.69) is 0 Å². The third-order valence-corrected chi connectivity index (χ3v) is 3.90. The molecule has 0 saturated carbocycles. The topological polar surface area (TPSA) is 72.8 Å². The standard InChI is InChI=1S/C21H20O5/c1-14(16-7-5-4-6-8-16)19(20(22)23)18(21(24)26-3)13-15-9-11-17(25-2)12-10-15/h4-13H,1-3H3,(H,22,23)/b18-13+,19-14-. The second-order valence-electron chi connectivity index (χ2n) is 5.49. The zero-order chi connectivity index (χ0) is 19.1. The Balaban J connectivity index is 2.63. The van der Waals surface area contributed by atoms with Crippen molar-refractivity contribution in [1.82, 2.24) is 0 Å². The van der Waals surface area contributed by atoms with Gasteiger partial charge >= 0.3 is 11.9 Å². The lowest BCUT2D eigenvalue weighted by molar-refractivity contribution is -0.138. The van der Waals surface area contributed by atoms with Gasteiger partial charge in [0.1, 0.15) is 5.75 Å². The first kappa shape index (κ1) is 19.0. The van der Waals surface area contributed by atoms with Crippen molar-refractivity contribution in [2.45, 2.75) is 6.92 Å². The van der Waals surface area contributed by atoms with Crippen LogP contribution in [0.15, 0.2) is 65.7 Å². The summed E-state index contributed by atoms with van der Waals surface area (Å²) < 4.78 is 9.93. The van der Waals surface area contributed by atoms with E-state index in [1.54, 1.807) is 50.4 Å². The molecule has 0 saturated heterocycles. The van der Waals surface area contributed by atoms with E-state index in [1.165, 1.54) is 13.2 Å². The van der Waals surface area contributed by atoms with Gasteiger partial charge in [-0.15, -0.1) is 0 Å². The Hall–Kier alpha value is -3.34. The number of esters is 1. The lowest BCUT2D eigenvalue weighted by Crippen LogP contribution is -2.15. The molecule has 0 aromatic heterocycles. The van der Waals surface area contributed by atoms with Crippen LogP contribution in [0.3, 0.4) is 0 Å². The average molecular weight is 352 g/mol.